The van der Waals surface area contributed by atoms with Crippen LogP contribution < -0.4 is 5.32 Å². The van der Waals surface area contributed by atoms with Crippen LogP contribution in [0.4, 0.5) is 0 Å². The van der Waals surface area contributed by atoms with E-state index in [0.29, 0.717) is 19.4 Å². The van der Waals surface area contributed by atoms with E-state index in [0.717, 1.165) is 31.6 Å². The average Bonchev–Trinajstić information content (AvgIpc) is 3.31. The predicted molar refractivity (Wildman–Crippen MR) is 89.1 cm³/mol. The van der Waals surface area contributed by atoms with Crippen molar-refractivity contribution < 1.29 is 32.3 Å². The van der Waals surface area contributed by atoms with E-state index in [2.05, 4.69) is 5.32 Å². The smallest absolute Gasteiger partial charge is 0.371 e. The van der Waals surface area contributed by atoms with Crippen molar-refractivity contribution >= 4 is 21.9 Å². The minimum Gasteiger partial charge on any atom is -0.475 e. The van der Waals surface area contributed by atoms with Gasteiger partial charge in [-0.25, -0.2) is 13.2 Å². The molecule has 1 aromatic heterocycles. The Bertz CT molecular complexity index is 759. The first-order chi connectivity index (χ1) is 12.4. The van der Waals surface area contributed by atoms with Crippen LogP contribution in [0.2, 0.25) is 0 Å². The van der Waals surface area contributed by atoms with Crippen LogP contribution in [0, 0.1) is 5.92 Å². The summed E-state index contributed by atoms with van der Waals surface area (Å²) < 4.78 is 36.6. The van der Waals surface area contributed by atoms with Crippen molar-refractivity contribution in [3.05, 3.63) is 17.9 Å². The molecule has 1 amide bonds. The Hall–Kier alpha value is -1.91. The summed E-state index contributed by atoms with van der Waals surface area (Å²) in [4.78, 5) is 23.1. The molecule has 0 bridgehead atoms. The van der Waals surface area contributed by atoms with Gasteiger partial charge < -0.3 is 19.6 Å². The second kappa shape index (κ2) is 7.77. The molecule has 0 radical (unpaired) electrons. The van der Waals surface area contributed by atoms with E-state index in [1.807, 2.05) is 0 Å². The van der Waals surface area contributed by atoms with Gasteiger partial charge in [0, 0.05) is 32.2 Å². The number of nitrogens with zero attached hydrogens (tertiary/aromatic N) is 1. The molecule has 1 atom stereocenters. The Balaban J connectivity index is 1.53. The highest BCUT2D eigenvalue weighted by Gasteiger charge is 2.34. The Morgan fingerprint density at radius 1 is 1.23 bits per heavy atom. The lowest BCUT2D eigenvalue weighted by Crippen LogP contribution is -2.44. The summed E-state index contributed by atoms with van der Waals surface area (Å²) in [5.74, 6) is -2.07. The predicted octanol–water partition coefficient (Wildman–Crippen LogP) is 0.674. The number of rotatable bonds is 6. The van der Waals surface area contributed by atoms with Gasteiger partial charge in [-0.2, -0.15) is 4.31 Å². The van der Waals surface area contributed by atoms with Crippen LogP contribution in [0.5, 0.6) is 0 Å². The van der Waals surface area contributed by atoms with E-state index in [1.54, 1.807) is 0 Å². The molecule has 26 heavy (non-hydrogen) atoms. The third kappa shape index (κ3) is 4.08. The van der Waals surface area contributed by atoms with Crippen LogP contribution in [0.15, 0.2) is 21.6 Å². The van der Waals surface area contributed by atoms with Crippen molar-refractivity contribution in [2.75, 3.05) is 26.2 Å². The largest absolute Gasteiger partial charge is 0.475 e. The van der Waals surface area contributed by atoms with E-state index >= 15 is 0 Å². The van der Waals surface area contributed by atoms with E-state index in [1.165, 1.54) is 4.31 Å². The summed E-state index contributed by atoms with van der Waals surface area (Å²) in [7, 11) is -3.90. The number of carboxylic acids is 1. The van der Waals surface area contributed by atoms with Gasteiger partial charge in [-0.3, -0.25) is 4.79 Å². The first-order valence-corrected chi connectivity index (χ1v) is 10.0. The molecule has 2 N–H and O–H groups in total. The van der Waals surface area contributed by atoms with Crippen molar-refractivity contribution in [2.45, 2.75) is 36.9 Å². The van der Waals surface area contributed by atoms with Crippen LogP contribution in [0.25, 0.3) is 0 Å². The summed E-state index contributed by atoms with van der Waals surface area (Å²) in [6.45, 7) is 1.59. The van der Waals surface area contributed by atoms with Gasteiger partial charge in [0.25, 0.3) is 10.0 Å². The molecule has 0 spiro atoms. The molecule has 2 aliphatic heterocycles. The molecular formula is C16H22N2O7S. The fraction of sp³-hybridized carbons (Fsp3) is 0.625. The number of nitrogens with one attached hydrogen (secondary N) is 1. The number of carbonyl (C=O) groups is 2. The maximum Gasteiger partial charge on any atom is 0.371 e. The summed E-state index contributed by atoms with van der Waals surface area (Å²) in [5.41, 5.74) is 0. The molecule has 1 aromatic rings. The Morgan fingerprint density at radius 2 is 1.96 bits per heavy atom. The maximum atomic E-state index is 12.5. The molecular weight excluding hydrogens is 364 g/mol. The normalized spacial score (nSPS) is 22.4. The second-order valence-electron chi connectivity index (χ2n) is 6.48. The zero-order valence-electron chi connectivity index (χ0n) is 14.2. The molecule has 144 valence electrons. The van der Waals surface area contributed by atoms with Crippen molar-refractivity contribution in [3.8, 4) is 0 Å². The van der Waals surface area contributed by atoms with Gasteiger partial charge in [0.05, 0.1) is 6.10 Å². The highest BCUT2D eigenvalue weighted by atomic mass is 32.2. The number of ether oxygens (including phenoxy) is 1. The van der Waals surface area contributed by atoms with Gasteiger partial charge in [0.1, 0.15) is 0 Å². The van der Waals surface area contributed by atoms with Crippen molar-refractivity contribution in [2.24, 2.45) is 5.92 Å². The molecule has 0 aliphatic carbocycles. The zero-order valence-corrected chi connectivity index (χ0v) is 15.0. The van der Waals surface area contributed by atoms with Gasteiger partial charge in [0.15, 0.2) is 0 Å². The highest BCUT2D eigenvalue weighted by Crippen LogP contribution is 2.25. The lowest BCUT2D eigenvalue weighted by atomic mass is 9.97. The van der Waals surface area contributed by atoms with Gasteiger partial charge in [-0.1, -0.05) is 0 Å². The Kier molecular flexibility index (Phi) is 5.64. The topological polar surface area (TPSA) is 126 Å². The van der Waals surface area contributed by atoms with Gasteiger partial charge in [-0.15, -0.1) is 0 Å². The van der Waals surface area contributed by atoms with E-state index in [4.69, 9.17) is 14.3 Å². The number of carbonyl (C=O) groups excluding carboxylic acids is 1. The zero-order chi connectivity index (χ0) is 18.7. The molecule has 1 unspecified atom stereocenters. The lowest BCUT2D eigenvalue weighted by molar-refractivity contribution is -0.126. The van der Waals surface area contributed by atoms with E-state index in [-0.39, 0.29) is 31.0 Å². The number of hydrogen-bond acceptors (Lipinski definition) is 6. The summed E-state index contributed by atoms with van der Waals surface area (Å²) in [5, 5.41) is 11.3. The SMILES string of the molecule is O=C(O)c1ccc(S(=O)(=O)N2CCC(C(=O)NCC3CCCO3)CC2)o1. The van der Waals surface area contributed by atoms with Crippen molar-refractivity contribution in [1.82, 2.24) is 9.62 Å². The summed E-state index contributed by atoms with van der Waals surface area (Å²) in [6.07, 6.45) is 2.83. The highest BCUT2D eigenvalue weighted by molar-refractivity contribution is 7.89. The molecule has 0 saturated carbocycles. The first kappa shape index (κ1) is 18.9. The van der Waals surface area contributed by atoms with Crippen molar-refractivity contribution in [1.29, 1.82) is 0 Å². The Morgan fingerprint density at radius 3 is 2.54 bits per heavy atom. The molecule has 3 rings (SSSR count). The molecule has 2 aliphatic rings. The van der Waals surface area contributed by atoms with Gasteiger partial charge >= 0.3 is 5.97 Å². The molecule has 9 nitrogen and oxygen atoms in total. The number of sulfonamides is 1. The quantitative estimate of drug-likeness (QED) is 0.736. The second-order valence-corrected chi connectivity index (χ2v) is 8.35. The minimum absolute atomic E-state index is 0.0711. The third-order valence-electron chi connectivity index (χ3n) is 4.74. The van der Waals surface area contributed by atoms with Crippen LogP contribution >= 0.6 is 0 Å². The lowest BCUT2D eigenvalue weighted by Gasteiger charge is -2.30. The van der Waals surface area contributed by atoms with E-state index in [9.17, 15) is 18.0 Å². The number of hydrogen-bond donors (Lipinski definition) is 2. The van der Waals surface area contributed by atoms with Gasteiger partial charge in [0.2, 0.25) is 16.8 Å². The van der Waals surface area contributed by atoms with E-state index < -0.39 is 26.8 Å². The maximum absolute atomic E-state index is 12.5. The van der Waals surface area contributed by atoms with Crippen LogP contribution in [0.1, 0.15) is 36.2 Å². The van der Waals surface area contributed by atoms with Crippen LogP contribution in [-0.2, 0) is 19.6 Å². The summed E-state index contributed by atoms with van der Waals surface area (Å²) in [6, 6.07) is 2.25. The number of carboxylic acid groups (broad SMARTS) is 1. The summed E-state index contributed by atoms with van der Waals surface area (Å²) >= 11 is 0. The third-order valence-corrected chi connectivity index (χ3v) is 6.51. The number of furan rings is 1. The first-order valence-electron chi connectivity index (χ1n) is 8.60. The molecule has 2 saturated heterocycles. The standard InChI is InChI=1S/C16H22N2O7S/c19-15(17-10-12-2-1-9-24-12)11-5-7-18(8-6-11)26(22,23)14-4-3-13(25-14)16(20)21/h3-4,11-12H,1-2,5-10H2,(H,17,19)(H,20,21). The van der Waals surface area contributed by atoms with Crippen molar-refractivity contribution in [3.63, 3.8) is 0 Å². The number of amides is 1. The molecule has 2 fully saturated rings. The monoisotopic (exact) mass is 386 g/mol. The molecule has 10 heteroatoms. The Labute approximate surface area is 151 Å². The number of piperidine rings is 1. The van der Waals surface area contributed by atoms with Gasteiger partial charge in [-0.05, 0) is 37.8 Å². The molecule has 0 aromatic carbocycles. The minimum atomic E-state index is -3.90. The fourth-order valence-electron chi connectivity index (χ4n) is 3.22. The molecule has 3 heterocycles. The van der Waals surface area contributed by atoms with Crippen LogP contribution in [0.3, 0.4) is 0 Å². The number of aromatic carboxylic acids is 1. The van der Waals surface area contributed by atoms with Crippen LogP contribution in [-0.4, -0.2) is 62.1 Å². The fourth-order valence-corrected chi connectivity index (χ4v) is 4.60. The average molecular weight is 386 g/mol.